The monoisotopic (exact) mass is 310 g/mol. The molecule has 0 bridgehead atoms. The molecule has 0 spiro atoms. The van der Waals surface area contributed by atoms with Crippen molar-refractivity contribution in [3.05, 3.63) is 29.3 Å². The molecule has 104 valence electrons. The molecular formula is C11H10N4O3S2. The van der Waals surface area contributed by atoms with Crippen LogP contribution in [0.2, 0.25) is 0 Å². The van der Waals surface area contributed by atoms with Crippen LogP contribution in [0.25, 0.3) is 10.2 Å². The van der Waals surface area contributed by atoms with E-state index >= 15 is 0 Å². The first-order valence-electron chi connectivity index (χ1n) is 5.39. The fourth-order valence-corrected chi connectivity index (χ4v) is 2.43. The van der Waals surface area contributed by atoms with Crippen LogP contribution in [0.1, 0.15) is 5.01 Å². The maximum Gasteiger partial charge on any atom is 0.404 e. The zero-order chi connectivity index (χ0) is 14.8. The predicted octanol–water partition coefficient (Wildman–Crippen LogP) is 1.35. The van der Waals surface area contributed by atoms with E-state index in [0.717, 1.165) is 9.01 Å². The summed E-state index contributed by atoms with van der Waals surface area (Å²) in [6.45, 7) is 0. The lowest BCUT2D eigenvalue weighted by Crippen LogP contribution is -2.23. The van der Waals surface area contributed by atoms with Crippen molar-refractivity contribution in [3.63, 3.8) is 0 Å². The van der Waals surface area contributed by atoms with E-state index in [9.17, 15) is 8.42 Å². The van der Waals surface area contributed by atoms with Crippen molar-refractivity contribution in [1.82, 2.24) is 9.29 Å². The van der Waals surface area contributed by atoms with Gasteiger partial charge in [-0.1, -0.05) is 12.1 Å². The lowest BCUT2D eigenvalue weighted by Gasteiger charge is -2.06. The molecule has 1 aromatic heterocycles. The summed E-state index contributed by atoms with van der Waals surface area (Å²) in [6.07, 6.45) is 0. The molecule has 0 aliphatic rings. The van der Waals surface area contributed by atoms with E-state index in [1.165, 1.54) is 25.4 Å². The number of rotatable bonds is 4. The third-order valence-electron chi connectivity index (χ3n) is 2.27. The van der Waals surface area contributed by atoms with Crippen LogP contribution in [-0.2, 0) is 14.6 Å². The Balaban J connectivity index is 2.36. The van der Waals surface area contributed by atoms with E-state index < -0.39 is 10.3 Å². The molecule has 9 heteroatoms. The lowest BCUT2D eigenvalue weighted by atomic mass is 10.3. The number of nitrogens with zero attached hydrogens (tertiary/aromatic N) is 4. The summed E-state index contributed by atoms with van der Waals surface area (Å²) in [7, 11) is -1.37. The highest BCUT2D eigenvalue weighted by atomic mass is 32.2. The van der Waals surface area contributed by atoms with E-state index in [1.54, 1.807) is 12.1 Å². The van der Waals surface area contributed by atoms with Crippen LogP contribution < -0.4 is 0 Å². The first-order chi connectivity index (χ1) is 9.44. The highest BCUT2D eigenvalue weighted by Gasteiger charge is 2.17. The van der Waals surface area contributed by atoms with Crippen LogP contribution in [0.4, 0.5) is 0 Å². The number of benzene rings is 1. The van der Waals surface area contributed by atoms with Crippen molar-refractivity contribution < 1.29 is 12.7 Å². The van der Waals surface area contributed by atoms with Gasteiger partial charge in [0, 0.05) is 14.1 Å². The minimum absolute atomic E-state index is 0.184. The average Bonchev–Trinajstić information content (AvgIpc) is 2.82. The second kappa shape index (κ2) is 5.54. The van der Waals surface area contributed by atoms with Crippen molar-refractivity contribution in [2.75, 3.05) is 14.1 Å². The van der Waals surface area contributed by atoms with E-state index in [4.69, 9.17) is 5.26 Å². The maximum atomic E-state index is 11.4. The lowest BCUT2D eigenvalue weighted by molar-refractivity contribution is 0.305. The zero-order valence-corrected chi connectivity index (χ0v) is 12.3. The summed E-state index contributed by atoms with van der Waals surface area (Å²) in [5.41, 5.74) is 0.530. The summed E-state index contributed by atoms with van der Waals surface area (Å²) in [5, 5.41) is 12.7. The Hall–Kier alpha value is -2.02. The number of nitriles is 1. The van der Waals surface area contributed by atoms with Gasteiger partial charge < -0.3 is 0 Å². The molecule has 20 heavy (non-hydrogen) atoms. The van der Waals surface area contributed by atoms with E-state index in [1.807, 2.05) is 18.2 Å². The molecule has 2 aromatic rings. The van der Waals surface area contributed by atoms with Gasteiger partial charge in [-0.25, -0.2) is 4.98 Å². The Bertz CT molecular complexity index is 769. The first kappa shape index (κ1) is 14.4. The molecule has 0 N–H and O–H groups in total. The smallest absolute Gasteiger partial charge is 0.255 e. The molecule has 0 saturated carbocycles. The van der Waals surface area contributed by atoms with Crippen molar-refractivity contribution in [2.24, 2.45) is 5.16 Å². The molecule has 0 atom stereocenters. The molecule has 1 heterocycles. The van der Waals surface area contributed by atoms with Gasteiger partial charge in [-0.2, -0.15) is 18.0 Å². The summed E-state index contributed by atoms with van der Waals surface area (Å²) < 4.78 is 29.0. The molecule has 0 unspecified atom stereocenters. The Kier molecular flexibility index (Phi) is 3.99. The SMILES string of the molecule is CN(C)S(=O)(=O)O/N=C(\C#N)c1nc2ccccc2s1. The average molecular weight is 310 g/mol. The van der Waals surface area contributed by atoms with Crippen molar-refractivity contribution in [2.45, 2.75) is 0 Å². The third-order valence-corrected chi connectivity index (χ3v) is 4.47. The van der Waals surface area contributed by atoms with Crippen LogP contribution in [0, 0.1) is 11.3 Å². The number of aromatic nitrogens is 1. The van der Waals surface area contributed by atoms with Crippen molar-refractivity contribution >= 4 is 37.6 Å². The number of hydrogen-bond acceptors (Lipinski definition) is 7. The Morgan fingerprint density at radius 3 is 2.75 bits per heavy atom. The van der Waals surface area contributed by atoms with Crippen molar-refractivity contribution in [1.29, 1.82) is 5.26 Å². The molecule has 0 aliphatic heterocycles. The number of oxime groups is 1. The van der Waals surface area contributed by atoms with Gasteiger partial charge in [0.2, 0.25) is 5.71 Å². The van der Waals surface area contributed by atoms with Crippen LogP contribution in [-0.4, -0.2) is 37.5 Å². The molecule has 0 amide bonds. The van der Waals surface area contributed by atoms with Gasteiger partial charge in [0.05, 0.1) is 10.2 Å². The fourth-order valence-electron chi connectivity index (χ4n) is 1.23. The highest BCUT2D eigenvalue weighted by Crippen LogP contribution is 2.22. The summed E-state index contributed by atoms with van der Waals surface area (Å²) >= 11 is 1.24. The number of hydrogen-bond donors (Lipinski definition) is 0. The topological polar surface area (TPSA) is 95.6 Å². The van der Waals surface area contributed by atoms with Crippen LogP contribution in [0.3, 0.4) is 0 Å². The Morgan fingerprint density at radius 2 is 2.15 bits per heavy atom. The fraction of sp³-hybridized carbons (Fsp3) is 0.182. The van der Waals surface area contributed by atoms with E-state index in [0.29, 0.717) is 10.5 Å². The van der Waals surface area contributed by atoms with Gasteiger partial charge in [0.25, 0.3) is 0 Å². The molecule has 1 aromatic carbocycles. The molecule has 0 aliphatic carbocycles. The zero-order valence-electron chi connectivity index (χ0n) is 10.6. The summed E-state index contributed by atoms with van der Waals surface area (Å²) in [5.74, 6) is 0. The van der Waals surface area contributed by atoms with Crippen LogP contribution >= 0.6 is 11.3 Å². The number of para-hydroxylation sites is 1. The Labute approximate surface area is 120 Å². The van der Waals surface area contributed by atoms with Gasteiger partial charge in [-0.3, -0.25) is 4.28 Å². The van der Waals surface area contributed by atoms with Crippen LogP contribution in [0.15, 0.2) is 29.4 Å². The number of thiazole rings is 1. The second-order valence-corrected chi connectivity index (χ2v) is 6.62. The standard InChI is InChI=1S/C11H10N4O3S2/c1-15(2)20(16,17)18-14-9(7-12)11-13-8-5-3-4-6-10(8)19-11/h3-6H,1-2H3/b14-9+. The van der Waals surface area contributed by atoms with E-state index in [2.05, 4.69) is 14.4 Å². The molecular weight excluding hydrogens is 300 g/mol. The normalized spacial score (nSPS) is 12.6. The quantitative estimate of drug-likeness (QED) is 0.627. The molecule has 7 nitrogen and oxygen atoms in total. The third kappa shape index (κ3) is 2.93. The van der Waals surface area contributed by atoms with Crippen LogP contribution in [0.5, 0.6) is 0 Å². The number of fused-ring (bicyclic) bond motifs is 1. The maximum absolute atomic E-state index is 11.4. The predicted molar refractivity (Wildman–Crippen MR) is 75.5 cm³/mol. The minimum atomic E-state index is -3.97. The van der Waals surface area contributed by atoms with Gasteiger partial charge >= 0.3 is 10.3 Å². The molecule has 0 fully saturated rings. The van der Waals surface area contributed by atoms with Gasteiger partial charge in [0.1, 0.15) is 6.07 Å². The van der Waals surface area contributed by atoms with E-state index in [-0.39, 0.29) is 5.71 Å². The molecule has 2 rings (SSSR count). The second-order valence-electron chi connectivity index (χ2n) is 3.85. The molecule has 0 saturated heterocycles. The van der Waals surface area contributed by atoms with Gasteiger partial charge in [-0.15, -0.1) is 11.3 Å². The molecule has 0 radical (unpaired) electrons. The first-order valence-corrected chi connectivity index (χ1v) is 7.57. The summed E-state index contributed by atoms with van der Waals surface area (Å²) in [4.78, 5) is 4.21. The Morgan fingerprint density at radius 1 is 1.45 bits per heavy atom. The van der Waals surface area contributed by atoms with Gasteiger partial charge in [-0.05, 0) is 17.3 Å². The highest BCUT2D eigenvalue weighted by molar-refractivity contribution is 7.84. The largest absolute Gasteiger partial charge is 0.404 e. The van der Waals surface area contributed by atoms with Gasteiger partial charge in [0.15, 0.2) is 5.01 Å². The minimum Gasteiger partial charge on any atom is -0.255 e. The summed E-state index contributed by atoms with van der Waals surface area (Å²) in [6, 6.07) is 9.09. The van der Waals surface area contributed by atoms with Crippen molar-refractivity contribution in [3.8, 4) is 6.07 Å².